The molecule has 0 unspecified atom stereocenters. The molecular formula is C24H31F2N3O4S. The van der Waals surface area contributed by atoms with Crippen molar-refractivity contribution < 1.29 is 26.8 Å². The van der Waals surface area contributed by atoms with Crippen LogP contribution in [0.15, 0.2) is 48.5 Å². The van der Waals surface area contributed by atoms with Crippen LogP contribution < -0.4 is 9.62 Å². The molecule has 0 radical (unpaired) electrons. The highest BCUT2D eigenvalue weighted by molar-refractivity contribution is 7.92. The van der Waals surface area contributed by atoms with Crippen LogP contribution in [0.25, 0.3) is 0 Å². The Kier molecular flexibility index (Phi) is 9.97. The number of hydrogen-bond donors (Lipinski definition) is 1. The number of anilines is 1. The van der Waals surface area contributed by atoms with Crippen molar-refractivity contribution in [1.29, 1.82) is 0 Å². The molecular weight excluding hydrogens is 464 g/mol. The summed E-state index contributed by atoms with van der Waals surface area (Å²) in [7, 11) is -3.94. The largest absolute Gasteiger partial charge is 0.354 e. The zero-order valence-corrected chi connectivity index (χ0v) is 20.4. The second-order valence-electron chi connectivity index (χ2n) is 7.97. The zero-order chi connectivity index (χ0) is 25.3. The third kappa shape index (κ3) is 7.79. The Morgan fingerprint density at radius 3 is 2.26 bits per heavy atom. The number of benzene rings is 2. The minimum Gasteiger partial charge on any atom is -0.354 e. The van der Waals surface area contributed by atoms with Gasteiger partial charge in [0.15, 0.2) is 0 Å². The van der Waals surface area contributed by atoms with E-state index in [1.807, 2.05) is 6.92 Å². The van der Waals surface area contributed by atoms with E-state index < -0.39 is 40.2 Å². The van der Waals surface area contributed by atoms with E-state index in [1.54, 1.807) is 6.92 Å². The second kappa shape index (κ2) is 12.5. The van der Waals surface area contributed by atoms with Crippen molar-refractivity contribution in [2.75, 3.05) is 23.7 Å². The summed E-state index contributed by atoms with van der Waals surface area (Å²) in [6.45, 7) is 3.53. The van der Waals surface area contributed by atoms with Gasteiger partial charge in [-0.2, -0.15) is 0 Å². The summed E-state index contributed by atoms with van der Waals surface area (Å²) in [5, 5.41) is 2.81. The normalized spacial score (nSPS) is 12.1. The Labute approximate surface area is 199 Å². The molecule has 0 saturated carbocycles. The minimum absolute atomic E-state index is 0.00183. The van der Waals surface area contributed by atoms with Gasteiger partial charge in [-0.25, -0.2) is 17.2 Å². The number of rotatable bonds is 12. The monoisotopic (exact) mass is 495 g/mol. The zero-order valence-electron chi connectivity index (χ0n) is 19.6. The lowest BCUT2D eigenvalue weighted by molar-refractivity contribution is -0.140. The van der Waals surface area contributed by atoms with Crippen molar-refractivity contribution in [3.63, 3.8) is 0 Å². The molecule has 1 N–H and O–H groups in total. The minimum atomic E-state index is -3.94. The second-order valence-corrected chi connectivity index (χ2v) is 9.87. The molecule has 0 heterocycles. The molecule has 2 amide bonds. The van der Waals surface area contributed by atoms with Gasteiger partial charge in [-0.3, -0.25) is 13.9 Å². The van der Waals surface area contributed by atoms with Gasteiger partial charge in [-0.05, 0) is 48.7 Å². The highest BCUT2D eigenvalue weighted by Gasteiger charge is 2.31. The number of carbonyl (C=O) groups is 2. The van der Waals surface area contributed by atoms with Gasteiger partial charge in [-0.1, -0.05) is 38.5 Å². The Morgan fingerprint density at radius 2 is 1.71 bits per heavy atom. The number of hydrogen-bond acceptors (Lipinski definition) is 4. The highest BCUT2D eigenvalue weighted by atomic mass is 32.2. The third-order valence-electron chi connectivity index (χ3n) is 5.26. The number of nitrogens with zero attached hydrogens (tertiary/aromatic N) is 2. The summed E-state index contributed by atoms with van der Waals surface area (Å²) in [4.78, 5) is 27.6. The predicted octanol–water partition coefficient (Wildman–Crippen LogP) is 3.45. The number of halogens is 2. The van der Waals surface area contributed by atoms with Gasteiger partial charge in [0.2, 0.25) is 21.8 Å². The van der Waals surface area contributed by atoms with Crippen LogP contribution in [0.3, 0.4) is 0 Å². The number of sulfonamides is 1. The maximum absolute atomic E-state index is 13.8. The number of unbranched alkanes of at least 4 members (excludes halogenated alkanes) is 1. The lowest BCUT2D eigenvalue weighted by Gasteiger charge is -2.33. The van der Waals surface area contributed by atoms with Crippen molar-refractivity contribution in [2.24, 2.45) is 0 Å². The van der Waals surface area contributed by atoms with E-state index in [0.29, 0.717) is 12.1 Å². The third-order valence-corrected chi connectivity index (χ3v) is 6.40. The first-order valence-corrected chi connectivity index (χ1v) is 13.0. The van der Waals surface area contributed by atoms with Crippen molar-refractivity contribution in [1.82, 2.24) is 10.2 Å². The molecule has 7 nitrogen and oxygen atoms in total. The van der Waals surface area contributed by atoms with Crippen molar-refractivity contribution >= 4 is 27.5 Å². The van der Waals surface area contributed by atoms with Gasteiger partial charge in [-0.15, -0.1) is 0 Å². The summed E-state index contributed by atoms with van der Waals surface area (Å²) < 4.78 is 52.9. The SMILES string of the molecule is CCCCNC(=O)[C@H](CC)N(Cc1ccc(F)cc1)C(=O)CN(c1cccc(F)c1)S(C)(=O)=O. The first-order chi connectivity index (χ1) is 16.1. The van der Waals surface area contributed by atoms with Gasteiger partial charge in [0.05, 0.1) is 11.9 Å². The van der Waals surface area contributed by atoms with E-state index in [0.717, 1.165) is 29.5 Å². The van der Waals surface area contributed by atoms with Crippen LogP contribution in [0.1, 0.15) is 38.7 Å². The molecule has 0 bridgehead atoms. The first kappa shape index (κ1) is 27.2. The van der Waals surface area contributed by atoms with Crippen LogP contribution in [0.4, 0.5) is 14.5 Å². The molecule has 2 aromatic carbocycles. The quantitative estimate of drug-likeness (QED) is 0.457. The molecule has 0 aliphatic carbocycles. The summed E-state index contributed by atoms with van der Waals surface area (Å²) in [5.74, 6) is -2.09. The molecule has 10 heteroatoms. The summed E-state index contributed by atoms with van der Waals surface area (Å²) >= 11 is 0. The van der Waals surface area contributed by atoms with Crippen LogP contribution in [-0.4, -0.2) is 50.5 Å². The molecule has 2 aromatic rings. The standard InChI is InChI=1S/C24H31F2N3O4S/c1-4-6-14-27-24(31)22(5-2)28(16-18-10-12-19(25)13-11-18)23(30)17-29(34(3,32)33)21-9-7-8-20(26)15-21/h7-13,15,22H,4-6,14,16-17H2,1-3H3,(H,27,31)/t22-/m0/s1. The smallest absolute Gasteiger partial charge is 0.244 e. The van der Waals surface area contributed by atoms with Gasteiger partial charge < -0.3 is 10.2 Å². The molecule has 0 aliphatic rings. The van der Waals surface area contributed by atoms with Crippen LogP contribution in [-0.2, 0) is 26.2 Å². The van der Waals surface area contributed by atoms with Crippen molar-refractivity contribution in [3.05, 3.63) is 65.7 Å². The predicted molar refractivity (Wildman–Crippen MR) is 128 cm³/mol. The average Bonchev–Trinajstić information content (AvgIpc) is 2.78. The Morgan fingerprint density at radius 1 is 1.03 bits per heavy atom. The lowest BCUT2D eigenvalue weighted by Crippen LogP contribution is -2.52. The van der Waals surface area contributed by atoms with Crippen molar-refractivity contribution in [2.45, 2.75) is 45.7 Å². The van der Waals surface area contributed by atoms with Crippen LogP contribution in [0.5, 0.6) is 0 Å². The highest BCUT2D eigenvalue weighted by Crippen LogP contribution is 2.20. The Balaban J connectivity index is 2.39. The van der Waals surface area contributed by atoms with Gasteiger partial charge in [0.25, 0.3) is 0 Å². The van der Waals surface area contributed by atoms with Gasteiger partial charge in [0, 0.05) is 13.1 Å². The average molecular weight is 496 g/mol. The molecule has 0 fully saturated rings. The van der Waals surface area contributed by atoms with E-state index in [1.165, 1.54) is 47.4 Å². The fraction of sp³-hybridized carbons (Fsp3) is 0.417. The molecule has 0 saturated heterocycles. The molecule has 0 aromatic heterocycles. The van der Waals surface area contributed by atoms with E-state index in [-0.39, 0.29) is 24.6 Å². The Hall–Kier alpha value is -3.01. The lowest BCUT2D eigenvalue weighted by atomic mass is 10.1. The summed E-state index contributed by atoms with van der Waals surface area (Å²) in [6.07, 6.45) is 2.86. The molecule has 1 atom stereocenters. The number of amides is 2. The van der Waals surface area contributed by atoms with E-state index >= 15 is 0 Å². The maximum Gasteiger partial charge on any atom is 0.244 e. The topological polar surface area (TPSA) is 86.8 Å². The summed E-state index contributed by atoms with van der Waals surface area (Å²) in [6, 6.07) is 9.54. The fourth-order valence-electron chi connectivity index (χ4n) is 3.46. The summed E-state index contributed by atoms with van der Waals surface area (Å²) in [5.41, 5.74) is 0.573. The van der Waals surface area contributed by atoms with E-state index in [4.69, 9.17) is 0 Å². The fourth-order valence-corrected chi connectivity index (χ4v) is 4.30. The molecule has 0 aliphatic heterocycles. The van der Waals surface area contributed by atoms with Gasteiger partial charge >= 0.3 is 0 Å². The molecule has 0 spiro atoms. The molecule has 2 rings (SSSR count). The van der Waals surface area contributed by atoms with Gasteiger partial charge in [0.1, 0.15) is 24.2 Å². The number of carbonyl (C=O) groups excluding carboxylic acids is 2. The number of nitrogens with one attached hydrogen (secondary N) is 1. The first-order valence-electron chi connectivity index (χ1n) is 11.1. The molecule has 34 heavy (non-hydrogen) atoms. The van der Waals surface area contributed by atoms with E-state index in [2.05, 4.69) is 5.32 Å². The molecule has 186 valence electrons. The van der Waals surface area contributed by atoms with Crippen LogP contribution in [0, 0.1) is 11.6 Å². The van der Waals surface area contributed by atoms with E-state index in [9.17, 15) is 26.8 Å². The van der Waals surface area contributed by atoms with Crippen LogP contribution in [0.2, 0.25) is 0 Å². The van der Waals surface area contributed by atoms with Crippen LogP contribution >= 0.6 is 0 Å². The Bertz CT molecular complexity index is 1080. The van der Waals surface area contributed by atoms with Crippen molar-refractivity contribution in [3.8, 4) is 0 Å². The maximum atomic E-state index is 13.8.